The molecule has 2 rings (SSSR count). The summed E-state index contributed by atoms with van der Waals surface area (Å²) in [5.41, 5.74) is 2.94. The highest BCUT2D eigenvalue weighted by Crippen LogP contribution is 2.41. The van der Waals surface area contributed by atoms with E-state index in [0.29, 0.717) is 10.0 Å². The third kappa shape index (κ3) is 7.89. The van der Waals surface area contributed by atoms with E-state index in [1.165, 1.54) is 29.3 Å². The highest BCUT2D eigenvalue weighted by atomic mass is 79.9. The van der Waals surface area contributed by atoms with Crippen molar-refractivity contribution < 1.29 is 22.8 Å². The number of alkyl halides is 3. The van der Waals surface area contributed by atoms with Crippen molar-refractivity contribution in [2.75, 3.05) is 20.6 Å². The molecule has 178 valence electrons. The average molecular weight is 588 g/mol. The van der Waals surface area contributed by atoms with Crippen LogP contribution < -0.4 is 10.7 Å². The first-order chi connectivity index (χ1) is 15.3. The maximum atomic E-state index is 13.7. The zero-order chi connectivity index (χ0) is 24.9. The van der Waals surface area contributed by atoms with Crippen molar-refractivity contribution in [3.05, 3.63) is 72.6 Å². The van der Waals surface area contributed by atoms with Crippen LogP contribution in [0.5, 0.6) is 0 Å². The molecular formula is C21H18BrCl3F3N3O2. The summed E-state index contributed by atoms with van der Waals surface area (Å²) in [5.74, 6) is -2.92. The summed E-state index contributed by atoms with van der Waals surface area (Å²) in [6, 6.07) is 6.63. The number of halogens is 7. The van der Waals surface area contributed by atoms with E-state index in [1.807, 2.05) is 0 Å². The number of carbonyl (C=O) groups is 2. The van der Waals surface area contributed by atoms with Gasteiger partial charge in [0.15, 0.2) is 0 Å². The zero-order valence-corrected chi connectivity index (χ0v) is 21.1. The van der Waals surface area contributed by atoms with E-state index in [4.69, 9.17) is 34.8 Å². The van der Waals surface area contributed by atoms with Crippen molar-refractivity contribution in [1.29, 1.82) is 0 Å². The number of hydrogen-bond donors (Lipinski definition) is 2. The number of rotatable bonds is 7. The fourth-order valence-corrected chi connectivity index (χ4v) is 3.92. The standard InChI is InChI=1S/C21H18BrCl3F3N3O2/c1-31(2)30-18(32)10-29-20(33)13-5-3-11(7-15(13)22)4-6-14(21(26,27)28)12-8-16(23)19(25)17(24)9-12/h3-9,14H,10H2,1-2H3,(H,29,33)(H,30,32)/b6-4+. The van der Waals surface area contributed by atoms with Gasteiger partial charge in [-0.05, 0) is 51.3 Å². The van der Waals surface area contributed by atoms with E-state index >= 15 is 0 Å². The fraction of sp³-hybridized carbons (Fsp3) is 0.238. The average Bonchev–Trinajstić information content (AvgIpc) is 2.69. The second-order valence-corrected chi connectivity index (χ2v) is 9.08. The second-order valence-electron chi connectivity index (χ2n) is 7.03. The van der Waals surface area contributed by atoms with Crippen LogP contribution in [0, 0.1) is 0 Å². The molecule has 0 aliphatic carbocycles. The first-order valence-electron chi connectivity index (χ1n) is 9.23. The fourth-order valence-electron chi connectivity index (χ4n) is 2.74. The summed E-state index contributed by atoms with van der Waals surface area (Å²) < 4.78 is 41.4. The molecule has 0 saturated carbocycles. The summed E-state index contributed by atoms with van der Waals surface area (Å²) in [4.78, 5) is 23.9. The highest BCUT2D eigenvalue weighted by molar-refractivity contribution is 9.10. The monoisotopic (exact) mass is 585 g/mol. The molecule has 0 aromatic heterocycles. The van der Waals surface area contributed by atoms with Crippen LogP contribution in [0.15, 0.2) is 40.9 Å². The number of hydrazine groups is 1. The number of benzene rings is 2. The SMILES string of the molecule is CN(C)NC(=O)CNC(=O)c1ccc(/C=C/C(c2cc(Cl)c(Cl)c(Cl)c2)C(F)(F)F)cc1Br. The Hall–Kier alpha value is -1.78. The van der Waals surface area contributed by atoms with Gasteiger partial charge in [0.1, 0.15) is 0 Å². The van der Waals surface area contributed by atoms with Crippen molar-refractivity contribution in [3.8, 4) is 0 Å². The lowest BCUT2D eigenvalue weighted by Gasteiger charge is -2.18. The van der Waals surface area contributed by atoms with Crippen LogP contribution in [0.3, 0.4) is 0 Å². The number of amides is 2. The van der Waals surface area contributed by atoms with Crippen molar-refractivity contribution in [1.82, 2.24) is 15.8 Å². The molecule has 0 aliphatic heterocycles. The molecule has 1 unspecified atom stereocenters. The predicted molar refractivity (Wildman–Crippen MR) is 128 cm³/mol. The Morgan fingerprint density at radius 1 is 1.12 bits per heavy atom. The molecule has 5 nitrogen and oxygen atoms in total. The number of allylic oxidation sites excluding steroid dienone is 1. The molecule has 0 heterocycles. The number of nitrogens with one attached hydrogen (secondary N) is 2. The quantitative estimate of drug-likeness (QED) is 0.305. The molecule has 2 N–H and O–H groups in total. The Kier molecular flexibility index (Phi) is 9.63. The van der Waals surface area contributed by atoms with Crippen LogP contribution in [0.2, 0.25) is 15.1 Å². The lowest BCUT2D eigenvalue weighted by Crippen LogP contribution is -2.43. The molecule has 2 aromatic rings. The Morgan fingerprint density at radius 3 is 2.24 bits per heavy atom. The van der Waals surface area contributed by atoms with Gasteiger partial charge >= 0.3 is 6.18 Å². The summed E-state index contributed by atoms with van der Waals surface area (Å²) in [5, 5.41) is 3.70. The van der Waals surface area contributed by atoms with Gasteiger partial charge in [-0.1, -0.05) is 53.0 Å². The van der Waals surface area contributed by atoms with Crippen molar-refractivity contribution in [2.24, 2.45) is 0 Å². The van der Waals surface area contributed by atoms with Crippen LogP contribution in [-0.4, -0.2) is 43.6 Å². The zero-order valence-electron chi connectivity index (χ0n) is 17.2. The van der Waals surface area contributed by atoms with E-state index in [0.717, 1.165) is 18.2 Å². The Balaban J connectivity index is 2.21. The van der Waals surface area contributed by atoms with Gasteiger partial charge in [0.05, 0.1) is 33.1 Å². The van der Waals surface area contributed by atoms with E-state index in [1.54, 1.807) is 14.1 Å². The third-order valence-electron chi connectivity index (χ3n) is 4.19. The van der Waals surface area contributed by atoms with Gasteiger partial charge in [-0.3, -0.25) is 15.0 Å². The Morgan fingerprint density at radius 2 is 1.73 bits per heavy atom. The molecule has 33 heavy (non-hydrogen) atoms. The summed E-state index contributed by atoms with van der Waals surface area (Å²) in [7, 11) is 3.25. The number of nitrogens with zero attached hydrogens (tertiary/aromatic N) is 1. The van der Waals surface area contributed by atoms with Gasteiger partial charge in [-0.15, -0.1) is 0 Å². The van der Waals surface area contributed by atoms with Gasteiger partial charge in [0.2, 0.25) is 0 Å². The molecule has 0 aliphatic rings. The van der Waals surface area contributed by atoms with E-state index < -0.39 is 23.9 Å². The first-order valence-corrected chi connectivity index (χ1v) is 11.2. The smallest absolute Gasteiger partial charge is 0.343 e. The Labute approximate surface area is 212 Å². The van der Waals surface area contributed by atoms with Crippen LogP contribution in [0.4, 0.5) is 13.2 Å². The van der Waals surface area contributed by atoms with Crippen LogP contribution in [-0.2, 0) is 4.79 Å². The highest BCUT2D eigenvalue weighted by Gasteiger charge is 2.39. The van der Waals surface area contributed by atoms with E-state index in [-0.39, 0.29) is 32.7 Å². The maximum Gasteiger partial charge on any atom is 0.399 e. The molecule has 0 spiro atoms. The Bertz CT molecular complexity index is 1060. The lowest BCUT2D eigenvalue weighted by atomic mass is 9.97. The molecule has 0 saturated heterocycles. The van der Waals surface area contributed by atoms with E-state index in [2.05, 4.69) is 26.7 Å². The largest absolute Gasteiger partial charge is 0.399 e. The number of hydrogen-bond acceptors (Lipinski definition) is 3. The van der Waals surface area contributed by atoms with Crippen LogP contribution in [0.25, 0.3) is 6.08 Å². The molecule has 12 heteroatoms. The molecule has 2 aromatic carbocycles. The summed E-state index contributed by atoms with van der Waals surface area (Å²) >= 11 is 20.9. The van der Waals surface area contributed by atoms with Crippen molar-refractivity contribution in [3.63, 3.8) is 0 Å². The molecule has 0 bridgehead atoms. The second kappa shape index (κ2) is 11.6. The summed E-state index contributed by atoms with van der Waals surface area (Å²) in [6.45, 7) is -0.245. The predicted octanol–water partition coefficient (Wildman–Crippen LogP) is 6.09. The minimum absolute atomic E-state index is 0.0241. The minimum Gasteiger partial charge on any atom is -0.343 e. The number of carbonyl (C=O) groups excluding carboxylic acids is 2. The van der Waals surface area contributed by atoms with Gasteiger partial charge in [-0.2, -0.15) is 13.2 Å². The van der Waals surface area contributed by atoms with E-state index in [9.17, 15) is 22.8 Å². The first kappa shape index (κ1) is 27.5. The van der Waals surface area contributed by atoms with Crippen molar-refractivity contribution >= 4 is 68.6 Å². The topological polar surface area (TPSA) is 61.4 Å². The van der Waals surface area contributed by atoms with Gasteiger partial charge < -0.3 is 5.32 Å². The minimum atomic E-state index is -4.61. The van der Waals surface area contributed by atoms with Crippen LogP contribution in [0.1, 0.15) is 27.4 Å². The maximum absolute atomic E-state index is 13.7. The lowest BCUT2D eigenvalue weighted by molar-refractivity contribution is -0.139. The summed E-state index contributed by atoms with van der Waals surface area (Å²) in [6.07, 6.45) is -2.38. The molecular weight excluding hydrogens is 570 g/mol. The van der Waals surface area contributed by atoms with Crippen molar-refractivity contribution in [2.45, 2.75) is 12.1 Å². The normalized spacial score (nSPS) is 12.8. The van der Waals surface area contributed by atoms with Gasteiger partial charge in [0, 0.05) is 18.6 Å². The van der Waals surface area contributed by atoms with Crippen LogP contribution >= 0.6 is 50.7 Å². The van der Waals surface area contributed by atoms with Gasteiger partial charge in [0.25, 0.3) is 11.8 Å². The molecule has 2 amide bonds. The molecule has 0 radical (unpaired) electrons. The van der Waals surface area contributed by atoms with Gasteiger partial charge in [-0.25, -0.2) is 5.01 Å². The third-order valence-corrected chi connectivity index (χ3v) is 6.05. The molecule has 1 atom stereocenters. The molecule has 0 fully saturated rings.